The molecule has 1 aromatic carbocycles. The SMILES string of the molecule is CC(F)(F)C(F)(F)Oc1ccc(N2CC[N]C2=O)cc1. The molecule has 1 aliphatic rings. The van der Waals surface area contributed by atoms with Crippen LogP contribution in [0.25, 0.3) is 0 Å². The summed E-state index contributed by atoms with van der Waals surface area (Å²) in [6.07, 6.45) is -4.60. The topological polar surface area (TPSA) is 43.6 Å². The van der Waals surface area contributed by atoms with Gasteiger partial charge in [-0.3, -0.25) is 4.90 Å². The van der Waals surface area contributed by atoms with Crippen molar-refractivity contribution in [1.82, 2.24) is 5.32 Å². The minimum Gasteiger partial charge on any atom is -0.428 e. The van der Waals surface area contributed by atoms with Gasteiger partial charge in [0.1, 0.15) is 5.75 Å². The number of rotatable bonds is 4. The number of benzene rings is 1. The molecule has 1 saturated heterocycles. The van der Waals surface area contributed by atoms with Crippen molar-refractivity contribution in [3.8, 4) is 5.75 Å². The van der Waals surface area contributed by atoms with Gasteiger partial charge in [0.25, 0.3) is 0 Å². The third-order valence-corrected chi connectivity index (χ3v) is 2.71. The predicted octanol–water partition coefficient (Wildman–Crippen LogP) is 2.86. The first kappa shape index (κ1) is 14.4. The van der Waals surface area contributed by atoms with Gasteiger partial charge >= 0.3 is 18.1 Å². The van der Waals surface area contributed by atoms with E-state index in [9.17, 15) is 22.4 Å². The summed E-state index contributed by atoms with van der Waals surface area (Å²) in [7, 11) is 0. The van der Waals surface area contributed by atoms with Crippen molar-refractivity contribution < 1.29 is 27.1 Å². The zero-order valence-electron chi connectivity index (χ0n) is 10.4. The van der Waals surface area contributed by atoms with Gasteiger partial charge in [-0.25, -0.2) is 10.1 Å². The number of amides is 2. The normalized spacial score (nSPS) is 16.2. The Morgan fingerprint density at radius 2 is 1.80 bits per heavy atom. The molecule has 1 radical (unpaired) electrons. The van der Waals surface area contributed by atoms with Gasteiger partial charge in [-0.05, 0) is 24.3 Å². The van der Waals surface area contributed by atoms with Gasteiger partial charge < -0.3 is 4.74 Å². The Bertz CT molecular complexity index is 499. The van der Waals surface area contributed by atoms with Crippen molar-refractivity contribution in [1.29, 1.82) is 0 Å². The summed E-state index contributed by atoms with van der Waals surface area (Å²) >= 11 is 0. The number of alkyl halides is 4. The van der Waals surface area contributed by atoms with Gasteiger partial charge in [0.2, 0.25) is 0 Å². The smallest absolute Gasteiger partial charge is 0.428 e. The molecule has 4 nitrogen and oxygen atoms in total. The number of anilines is 1. The lowest BCUT2D eigenvalue weighted by Crippen LogP contribution is -2.42. The number of halogens is 4. The van der Waals surface area contributed by atoms with Crippen LogP contribution in [0.2, 0.25) is 0 Å². The highest BCUT2D eigenvalue weighted by atomic mass is 19.3. The van der Waals surface area contributed by atoms with Gasteiger partial charge in [-0.1, -0.05) is 0 Å². The highest BCUT2D eigenvalue weighted by Gasteiger charge is 2.55. The van der Waals surface area contributed by atoms with E-state index >= 15 is 0 Å². The molecule has 0 bridgehead atoms. The summed E-state index contributed by atoms with van der Waals surface area (Å²) in [6.45, 7) is 0.825. The maximum absolute atomic E-state index is 13.0. The molecule has 20 heavy (non-hydrogen) atoms. The molecule has 0 unspecified atom stereocenters. The minimum absolute atomic E-state index is 0.0752. The van der Waals surface area contributed by atoms with E-state index in [1.54, 1.807) is 0 Å². The lowest BCUT2D eigenvalue weighted by Gasteiger charge is -2.23. The molecular formula is C12H11F4N2O2. The van der Waals surface area contributed by atoms with Crippen LogP contribution < -0.4 is 15.0 Å². The molecule has 1 heterocycles. The molecule has 0 aromatic heterocycles. The number of hydrogen-bond donors (Lipinski definition) is 0. The third-order valence-electron chi connectivity index (χ3n) is 2.71. The van der Waals surface area contributed by atoms with Crippen LogP contribution in [-0.4, -0.2) is 31.2 Å². The molecule has 0 spiro atoms. The average Bonchev–Trinajstić information content (AvgIpc) is 2.74. The predicted molar refractivity (Wildman–Crippen MR) is 62.4 cm³/mol. The van der Waals surface area contributed by atoms with Crippen LogP contribution in [0.5, 0.6) is 5.75 Å². The second kappa shape index (κ2) is 4.84. The monoisotopic (exact) mass is 291 g/mol. The van der Waals surface area contributed by atoms with Crippen LogP contribution in [0.1, 0.15) is 6.92 Å². The van der Waals surface area contributed by atoms with Crippen molar-refractivity contribution in [2.24, 2.45) is 0 Å². The van der Waals surface area contributed by atoms with E-state index in [4.69, 9.17) is 0 Å². The highest BCUT2D eigenvalue weighted by Crippen LogP contribution is 2.36. The molecule has 1 aromatic rings. The lowest BCUT2D eigenvalue weighted by atomic mass is 10.2. The maximum Gasteiger partial charge on any atom is 0.463 e. The summed E-state index contributed by atoms with van der Waals surface area (Å²) in [6, 6.07) is 4.43. The second-order valence-electron chi connectivity index (χ2n) is 4.32. The molecule has 0 atom stereocenters. The fourth-order valence-electron chi connectivity index (χ4n) is 1.60. The van der Waals surface area contributed by atoms with Gasteiger partial charge in [-0.2, -0.15) is 17.6 Å². The Morgan fingerprint density at radius 3 is 2.25 bits per heavy atom. The first-order valence-corrected chi connectivity index (χ1v) is 5.74. The van der Waals surface area contributed by atoms with Crippen molar-refractivity contribution >= 4 is 11.7 Å². The summed E-state index contributed by atoms with van der Waals surface area (Å²) in [5, 5.41) is 3.64. The quantitative estimate of drug-likeness (QED) is 0.801. The van der Waals surface area contributed by atoms with E-state index in [1.165, 1.54) is 17.0 Å². The van der Waals surface area contributed by atoms with Crippen molar-refractivity contribution in [2.45, 2.75) is 19.0 Å². The van der Waals surface area contributed by atoms with Gasteiger partial charge in [0, 0.05) is 19.2 Å². The molecule has 2 amide bonds. The maximum atomic E-state index is 13.0. The van der Waals surface area contributed by atoms with E-state index in [1.807, 2.05) is 0 Å². The zero-order chi connectivity index (χ0) is 15.0. The summed E-state index contributed by atoms with van der Waals surface area (Å²) in [5.41, 5.74) is 0.440. The molecule has 1 fully saturated rings. The fraction of sp³-hybridized carbons (Fsp3) is 0.417. The Balaban J connectivity index is 2.11. The molecule has 109 valence electrons. The van der Waals surface area contributed by atoms with Gasteiger partial charge in [0.15, 0.2) is 0 Å². The molecule has 0 saturated carbocycles. The zero-order valence-corrected chi connectivity index (χ0v) is 10.4. The van der Waals surface area contributed by atoms with E-state index in [0.29, 0.717) is 18.8 Å². The Labute approximate surface area is 112 Å². The van der Waals surface area contributed by atoms with Crippen molar-refractivity contribution in [3.63, 3.8) is 0 Å². The van der Waals surface area contributed by atoms with Crippen LogP contribution in [0, 0.1) is 0 Å². The van der Waals surface area contributed by atoms with E-state index < -0.39 is 23.8 Å². The number of carbonyl (C=O) groups is 1. The van der Waals surface area contributed by atoms with E-state index in [-0.39, 0.29) is 6.92 Å². The first-order chi connectivity index (χ1) is 9.21. The number of nitrogens with zero attached hydrogens (tertiary/aromatic N) is 2. The summed E-state index contributed by atoms with van der Waals surface area (Å²) in [4.78, 5) is 12.7. The molecule has 0 N–H and O–H groups in total. The third kappa shape index (κ3) is 2.78. The average molecular weight is 291 g/mol. The van der Waals surface area contributed by atoms with Crippen molar-refractivity contribution in [3.05, 3.63) is 24.3 Å². The molecular weight excluding hydrogens is 280 g/mol. The summed E-state index contributed by atoms with van der Waals surface area (Å²) in [5.74, 6) is -4.71. The van der Waals surface area contributed by atoms with Crippen LogP contribution in [0.15, 0.2) is 24.3 Å². The fourth-order valence-corrected chi connectivity index (χ4v) is 1.60. The molecule has 1 aliphatic heterocycles. The van der Waals surface area contributed by atoms with Crippen molar-refractivity contribution in [2.75, 3.05) is 18.0 Å². The van der Waals surface area contributed by atoms with Crippen LogP contribution in [0.3, 0.4) is 0 Å². The number of carbonyl (C=O) groups excluding carboxylic acids is 1. The van der Waals surface area contributed by atoms with E-state index in [2.05, 4.69) is 10.1 Å². The molecule has 8 heteroatoms. The first-order valence-electron chi connectivity index (χ1n) is 5.74. The Hall–Kier alpha value is -1.99. The van der Waals surface area contributed by atoms with Gasteiger partial charge in [-0.15, -0.1) is 0 Å². The Kier molecular flexibility index (Phi) is 3.49. The lowest BCUT2D eigenvalue weighted by molar-refractivity contribution is -0.301. The highest BCUT2D eigenvalue weighted by molar-refractivity contribution is 5.93. The minimum atomic E-state index is -4.60. The van der Waals surface area contributed by atoms with Crippen LogP contribution in [-0.2, 0) is 0 Å². The van der Waals surface area contributed by atoms with Crippen LogP contribution >= 0.6 is 0 Å². The van der Waals surface area contributed by atoms with E-state index in [0.717, 1.165) is 12.1 Å². The van der Waals surface area contributed by atoms with Crippen LogP contribution in [0.4, 0.5) is 28.0 Å². The summed E-state index contributed by atoms with van der Waals surface area (Å²) < 4.78 is 55.3. The largest absolute Gasteiger partial charge is 0.463 e. The number of hydrogen-bond acceptors (Lipinski definition) is 2. The second-order valence-corrected chi connectivity index (χ2v) is 4.32. The molecule has 0 aliphatic carbocycles. The number of urea groups is 1. The molecule has 2 rings (SSSR count). The number of ether oxygens (including phenoxy) is 1. The van der Waals surface area contributed by atoms with Gasteiger partial charge in [0.05, 0.1) is 6.54 Å². The Morgan fingerprint density at radius 1 is 1.20 bits per heavy atom. The standard InChI is InChI=1S/C12H11F4N2O2/c1-11(13,14)12(15,16)20-9-4-2-8(3-5-9)18-7-6-17-10(18)19/h2-5H,6-7H2,1H3.